The van der Waals surface area contributed by atoms with E-state index in [1.54, 1.807) is 37.3 Å². The summed E-state index contributed by atoms with van der Waals surface area (Å²) in [6.07, 6.45) is -0.0285. The first-order chi connectivity index (χ1) is 13.8. The van der Waals surface area contributed by atoms with Crippen LogP contribution >= 0.6 is 0 Å². The van der Waals surface area contributed by atoms with Crippen molar-refractivity contribution >= 4 is 29.1 Å². The van der Waals surface area contributed by atoms with E-state index in [1.807, 2.05) is 0 Å². The summed E-state index contributed by atoms with van der Waals surface area (Å²) in [5.74, 6) is -0.400. The van der Waals surface area contributed by atoms with Gasteiger partial charge in [0.15, 0.2) is 0 Å². The molecule has 4 N–H and O–H groups in total. The molecule has 0 aliphatic rings. The Morgan fingerprint density at radius 1 is 0.966 bits per heavy atom. The van der Waals surface area contributed by atoms with E-state index in [4.69, 9.17) is 15.2 Å². The summed E-state index contributed by atoms with van der Waals surface area (Å²) in [4.78, 5) is 35.4. The van der Waals surface area contributed by atoms with Crippen molar-refractivity contribution in [2.24, 2.45) is 10.8 Å². The van der Waals surface area contributed by atoms with Crippen molar-refractivity contribution in [3.63, 3.8) is 0 Å². The Balaban J connectivity index is 1.94. The van der Waals surface area contributed by atoms with Gasteiger partial charge in [0, 0.05) is 28.6 Å². The standard InChI is InChI=1S/C20H22N4O5/c1-12(8-18(25)22-15-6-4-13(5-7-15)19(21)26)23-24-20(27)14-9-16(28-2)11-17(10-14)29-3/h4-7,9-11H,8H2,1-3H3,(H2,21,26)(H,22,25)(H,24,27)/b23-12-. The summed E-state index contributed by atoms with van der Waals surface area (Å²) in [6.45, 7) is 1.61. The topological polar surface area (TPSA) is 132 Å². The lowest BCUT2D eigenvalue weighted by atomic mass is 10.2. The second kappa shape index (κ2) is 9.88. The highest BCUT2D eigenvalue weighted by Crippen LogP contribution is 2.22. The Labute approximate surface area is 167 Å². The minimum atomic E-state index is -0.546. The van der Waals surface area contributed by atoms with Gasteiger partial charge in [-0.15, -0.1) is 0 Å². The Hall–Kier alpha value is -3.88. The molecular weight excluding hydrogens is 376 g/mol. The summed E-state index contributed by atoms with van der Waals surface area (Å²) in [5, 5.41) is 6.61. The molecule has 0 radical (unpaired) electrons. The molecule has 0 unspecified atom stereocenters. The fraction of sp³-hybridized carbons (Fsp3) is 0.200. The molecule has 2 aromatic rings. The van der Waals surface area contributed by atoms with E-state index in [9.17, 15) is 14.4 Å². The van der Waals surface area contributed by atoms with E-state index < -0.39 is 11.8 Å². The van der Waals surface area contributed by atoms with Gasteiger partial charge in [-0.05, 0) is 43.3 Å². The van der Waals surface area contributed by atoms with Crippen LogP contribution in [0.2, 0.25) is 0 Å². The van der Waals surface area contributed by atoms with Gasteiger partial charge in [0.2, 0.25) is 11.8 Å². The summed E-state index contributed by atoms with van der Waals surface area (Å²) >= 11 is 0. The summed E-state index contributed by atoms with van der Waals surface area (Å²) < 4.78 is 10.3. The van der Waals surface area contributed by atoms with Gasteiger partial charge in [-0.25, -0.2) is 5.43 Å². The molecule has 0 aliphatic heterocycles. The fourth-order valence-electron chi connectivity index (χ4n) is 2.34. The van der Waals surface area contributed by atoms with Crippen LogP contribution in [0.15, 0.2) is 47.6 Å². The van der Waals surface area contributed by atoms with Crippen LogP contribution in [0, 0.1) is 0 Å². The molecule has 0 heterocycles. The third kappa shape index (κ3) is 6.35. The van der Waals surface area contributed by atoms with E-state index in [0.717, 1.165) is 0 Å². The van der Waals surface area contributed by atoms with Crippen LogP contribution in [0.25, 0.3) is 0 Å². The van der Waals surface area contributed by atoms with Gasteiger partial charge in [-0.1, -0.05) is 0 Å². The highest BCUT2D eigenvalue weighted by atomic mass is 16.5. The number of anilines is 1. The number of rotatable bonds is 8. The number of amides is 3. The van der Waals surface area contributed by atoms with Crippen molar-refractivity contribution in [1.29, 1.82) is 0 Å². The number of ether oxygens (including phenoxy) is 2. The third-order valence-electron chi connectivity index (χ3n) is 3.83. The lowest BCUT2D eigenvalue weighted by Crippen LogP contribution is -2.21. The molecule has 0 saturated carbocycles. The Bertz CT molecular complexity index is 916. The average Bonchev–Trinajstić information content (AvgIpc) is 2.71. The number of primary amides is 1. The summed E-state index contributed by atoms with van der Waals surface area (Å²) in [5.41, 5.74) is 9.13. The van der Waals surface area contributed by atoms with Crippen molar-refractivity contribution in [2.75, 3.05) is 19.5 Å². The molecule has 0 aromatic heterocycles. The first kappa shape index (κ1) is 21.4. The fourth-order valence-corrected chi connectivity index (χ4v) is 2.34. The maximum atomic E-state index is 12.3. The summed E-state index contributed by atoms with van der Waals surface area (Å²) in [6, 6.07) is 10.9. The van der Waals surface area contributed by atoms with Crippen molar-refractivity contribution in [1.82, 2.24) is 5.43 Å². The number of nitrogens with one attached hydrogen (secondary N) is 2. The monoisotopic (exact) mass is 398 g/mol. The number of hydrogen-bond acceptors (Lipinski definition) is 6. The molecule has 9 nitrogen and oxygen atoms in total. The predicted molar refractivity (Wildman–Crippen MR) is 108 cm³/mol. The third-order valence-corrected chi connectivity index (χ3v) is 3.83. The maximum Gasteiger partial charge on any atom is 0.271 e. The number of hydrazone groups is 1. The SMILES string of the molecule is COc1cc(OC)cc(C(=O)N/N=C(/C)CC(=O)Nc2ccc(C(N)=O)cc2)c1. The van der Waals surface area contributed by atoms with E-state index in [1.165, 1.54) is 26.4 Å². The molecule has 2 rings (SSSR count). The molecule has 0 saturated heterocycles. The van der Waals surface area contributed by atoms with Gasteiger partial charge in [-0.3, -0.25) is 14.4 Å². The minimum Gasteiger partial charge on any atom is -0.497 e. The van der Waals surface area contributed by atoms with Gasteiger partial charge < -0.3 is 20.5 Å². The number of carbonyl (C=O) groups excluding carboxylic acids is 3. The van der Waals surface area contributed by atoms with Crippen LogP contribution in [0.3, 0.4) is 0 Å². The molecule has 0 aliphatic carbocycles. The largest absolute Gasteiger partial charge is 0.497 e. The number of nitrogens with two attached hydrogens (primary N) is 1. The molecule has 152 valence electrons. The lowest BCUT2D eigenvalue weighted by Gasteiger charge is -2.08. The zero-order chi connectivity index (χ0) is 21.4. The molecule has 0 atom stereocenters. The second-order valence-electron chi connectivity index (χ2n) is 6.06. The van der Waals surface area contributed by atoms with E-state index in [0.29, 0.717) is 34.0 Å². The van der Waals surface area contributed by atoms with Crippen molar-refractivity contribution in [3.8, 4) is 11.5 Å². The highest BCUT2D eigenvalue weighted by Gasteiger charge is 2.10. The first-order valence-corrected chi connectivity index (χ1v) is 8.58. The molecule has 9 heteroatoms. The maximum absolute atomic E-state index is 12.3. The normalized spacial score (nSPS) is 10.8. The van der Waals surface area contributed by atoms with Crippen LogP contribution in [0.4, 0.5) is 5.69 Å². The molecule has 3 amide bonds. The molecule has 0 fully saturated rings. The molecule has 29 heavy (non-hydrogen) atoms. The van der Waals surface area contributed by atoms with Crippen LogP contribution < -0.4 is 25.9 Å². The Morgan fingerprint density at radius 3 is 2.07 bits per heavy atom. The first-order valence-electron chi connectivity index (χ1n) is 8.58. The van der Waals surface area contributed by atoms with E-state index >= 15 is 0 Å². The highest BCUT2D eigenvalue weighted by molar-refractivity contribution is 6.06. The molecular formula is C20H22N4O5. The number of methoxy groups -OCH3 is 2. The minimum absolute atomic E-state index is 0.0285. The van der Waals surface area contributed by atoms with Gasteiger partial charge >= 0.3 is 0 Å². The number of hydrogen-bond donors (Lipinski definition) is 3. The number of benzene rings is 2. The van der Waals surface area contributed by atoms with Gasteiger partial charge in [0.1, 0.15) is 11.5 Å². The zero-order valence-electron chi connectivity index (χ0n) is 16.3. The summed E-state index contributed by atoms with van der Waals surface area (Å²) in [7, 11) is 2.97. The van der Waals surface area contributed by atoms with Crippen LogP contribution in [-0.2, 0) is 4.79 Å². The van der Waals surface area contributed by atoms with Crippen molar-refractivity contribution < 1.29 is 23.9 Å². The van der Waals surface area contributed by atoms with Gasteiger partial charge in [0.25, 0.3) is 5.91 Å². The van der Waals surface area contributed by atoms with Crippen LogP contribution in [-0.4, -0.2) is 37.7 Å². The zero-order valence-corrected chi connectivity index (χ0v) is 16.3. The Morgan fingerprint density at radius 2 is 1.55 bits per heavy atom. The van der Waals surface area contributed by atoms with Crippen LogP contribution in [0.5, 0.6) is 11.5 Å². The quantitative estimate of drug-likeness (QED) is 0.462. The average molecular weight is 398 g/mol. The Kier molecular flexibility index (Phi) is 7.30. The predicted octanol–water partition coefficient (Wildman–Crippen LogP) is 1.94. The molecule has 0 bridgehead atoms. The molecule has 2 aromatic carbocycles. The smallest absolute Gasteiger partial charge is 0.271 e. The van der Waals surface area contributed by atoms with Crippen molar-refractivity contribution in [3.05, 3.63) is 53.6 Å². The molecule has 0 spiro atoms. The van der Waals surface area contributed by atoms with E-state index in [-0.39, 0.29) is 12.3 Å². The number of carbonyl (C=O) groups is 3. The van der Waals surface area contributed by atoms with Gasteiger partial charge in [-0.2, -0.15) is 5.10 Å². The second-order valence-corrected chi connectivity index (χ2v) is 6.06. The lowest BCUT2D eigenvalue weighted by molar-refractivity contribution is -0.115. The number of nitrogens with zero attached hydrogens (tertiary/aromatic N) is 1. The van der Waals surface area contributed by atoms with Crippen LogP contribution in [0.1, 0.15) is 34.1 Å². The van der Waals surface area contributed by atoms with E-state index in [2.05, 4.69) is 15.8 Å². The van der Waals surface area contributed by atoms with Crippen molar-refractivity contribution in [2.45, 2.75) is 13.3 Å². The van der Waals surface area contributed by atoms with Gasteiger partial charge in [0.05, 0.1) is 20.6 Å².